The van der Waals surface area contributed by atoms with Gasteiger partial charge in [-0.25, -0.2) is 0 Å². The van der Waals surface area contributed by atoms with Gasteiger partial charge in [-0.2, -0.15) is 0 Å². The average Bonchev–Trinajstić information content (AvgIpc) is 2.72. The van der Waals surface area contributed by atoms with E-state index in [0.29, 0.717) is 25.3 Å². The van der Waals surface area contributed by atoms with E-state index < -0.39 is 0 Å². The lowest BCUT2D eigenvalue weighted by Gasteiger charge is -2.13. The van der Waals surface area contributed by atoms with Crippen LogP contribution in [0.4, 0.5) is 0 Å². The number of nitrogens with one attached hydrogen (secondary N) is 2. The standard InChI is InChI=1S/C23H40N2O3/c1-4-6-7-8-9-10-13-23(26)25-19-20-14-15-21(22(18-20)27-3)28-17-12-11-16-24-5-2/h14-15,18,24H,4-13,16-17,19H2,1-3H3,(H,25,26). The molecule has 0 radical (unpaired) electrons. The minimum Gasteiger partial charge on any atom is -0.493 e. The number of hydrogen-bond donors (Lipinski definition) is 2. The summed E-state index contributed by atoms with van der Waals surface area (Å²) in [4.78, 5) is 12.0. The predicted octanol–water partition coefficient (Wildman–Crippen LogP) is 4.83. The maximum Gasteiger partial charge on any atom is 0.220 e. The summed E-state index contributed by atoms with van der Waals surface area (Å²) in [5.41, 5.74) is 1.02. The second kappa shape index (κ2) is 16.2. The number of unbranched alkanes of at least 4 members (excludes halogenated alkanes) is 6. The van der Waals surface area contributed by atoms with Gasteiger partial charge in [0.1, 0.15) is 0 Å². The Morgan fingerprint density at radius 1 is 0.964 bits per heavy atom. The van der Waals surface area contributed by atoms with Gasteiger partial charge in [0.15, 0.2) is 11.5 Å². The fraction of sp³-hybridized carbons (Fsp3) is 0.696. The Bertz CT molecular complexity index is 535. The third-order valence-corrected chi connectivity index (χ3v) is 4.73. The van der Waals surface area contributed by atoms with Gasteiger partial charge in [0.05, 0.1) is 13.7 Å². The molecule has 1 rings (SSSR count). The van der Waals surface area contributed by atoms with Gasteiger partial charge in [-0.3, -0.25) is 4.79 Å². The normalized spacial score (nSPS) is 10.7. The van der Waals surface area contributed by atoms with Crippen molar-refractivity contribution in [2.45, 2.75) is 78.2 Å². The third kappa shape index (κ3) is 11.2. The van der Waals surface area contributed by atoms with Crippen molar-refractivity contribution in [2.24, 2.45) is 0 Å². The Morgan fingerprint density at radius 3 is 2.50 bits per heavy atom. The van der Waals surface area contributed by atoms with Crippen molar-refractivity contribution < 1.29 is 14.3 Å². The summed E-state index contributed by atoms with van der Waals surface area (Å²) in [7, 11) is 1.65. The molecule has 0 aliphatic rings. The number of benzene rings is 1. The summed E-state index contributed by atoms with van der Waals surface area (Å²) in [5.74, 6) is 1.60. The zero-order valence-corrected chi connectivity index (χ0v) is 18.1. The number of carbonyl (C=O) groups is 1. The third-order valence-electron chi connectivity index (χ3n) is 4.73. The molecular weight excluding hydrogens is 352 g/mol. The van der Waals surface area contributed by atoms with Gasteiger partial charge < -0.3 is 20.1 Å². The number of carbonyl (C=O) groups excluding carboxylic acids is 1. The number of hydrogen-bond acceptors (Lipinski definition) is 4. The van der Waals surface area contributed by atoms with E-state index in [1.807, 2.05) is 18.2 Å². The number of ether oxygens (including phenoxy) is 2. The van der Waals surface area contributed by atoms with Gasteiger partial charge in [0, 0.05) is 13.0 Å². The van der Waals surface area contributed by atoms with Crippen LogP contribution >= 0.6 is 0 Å². The second-order valence-corrected chi connectivity index (χ2v) is 7.19. The van der Waals surface area contributed by atoms with Gasteiger partial charge in [0.25, 0.3) is 0 Å². The lowest BCUT2D eigenvalue weighted by Crippen LogP contribution is -2.22. The highest BCUT2D eigenvalue weighted by Gasteiger charge is 2.07. The predicted molar refractivity (Wildman–Crippen MR) is 116 cm³/mol. The molecule has 0 atom stereocenters. The molecule has 28 heavy (non-hydrogen) atoms. The topological polar surface area (TPSA) is 59.6 Å². The van der Waals surface area contributed by atoms with E-state index in [2.05, 4.69) is 24.5 Å². The van der Waals surface area contributed by atoms with E-state index in [1.165, 1.54) is 25.7 Å². The fourth-order valence-corrected chi connectivity index (χ4v) is 3.01. The van der Waals surface area contributed by atoms with E-state index in [1.54, 1.807) is 7.11 Å². The Labute approximate surface area is 171 Å². The van der Waals surface area contributed by atoms with Gasteiger partial charge in [-0.15, -0.1) is 0 Å². The van der Waals surface area contributed by atoms with Crippen LogP contribution in [0.5, 0.6) is 11.5 Å². The van der Waals surface area contributed by atoms with E-state index >= 15 is 0 Å². The number of methoxy groups -OCH3 is 1. The molecule has 0 aromatic heterocycles. The van der Waals surface area contributed by atoms with Crippen LogP contribution in [0.3, 0.4) is 0 Å². The monoisotopic (exact) mass is 392 g/mol. The van der Waals surface area contributed by atoms with Gasteiger partial charge >= 0.3 is 0 Å². The van der Waals surface area contributed by atoms with Crippen molar-refractivity contribution in [1.82, 2.24) is 10.6 Å². The molecular formula is C23H40N2O3. The number of rotatable bonds is 17. The second-order valence-electron chi connectivity index (χ2n) is 7.19. The molecule has 1 aromatic rings. The molecule has 160 valence electrons. The van der Waals surface area contributed by atoms with Gasteiger partial charge in [-0.1, -0.05) is 52.0 Å². The van der Waals surface area contributed by atoms with Crippen LogP contribution < -0.4 is 20.1 Å². The molecule has 0 aliphatic carbocycles. The summed E-state index contributed by atoms with van der Waals surface area (Å²) in [5, 5.41) is 6.31. The van der Waals surface area contributed by atoms with Crippen LogP contribution in [-0.2, 0) is 11.3 Å². The lowest BCUT2D eigenvalue weighted by molar-refractivity contribution is -0.121. The number of amides is 1. The summed E-state index contributed by atoms with van der Waals surface area (Å²) < 4.78 is 11.3. The molecule has 0 heterocycles. The highest BCUT2D eigenvalue weighted by Crippen LogP contribution is 2.28. The molecule has 0 bridgehead atoms. The van der Waals surface area contributed by atoms with Crippen molar-refractivity contribution in [1.29, 1.82) is 0 Å². The first kappa shape index (κ1) is 24.3. The molecule has 1 aromatic carbocycles. The highest BCUT2D eigenvalue weighted by atomic mass is 16.5. The van der Waals surface area contributed by atoms with E-state index in [0.717, 1.165) is 50.1 Å². The first-order valence-corrected chi connectivity index (χ1v) is 11.0. The molecule has 5 nitrogen and oxygen atoms in total. The van der Waals surface area contributed by atoms with Crippen molar-refractivity contribution in [3.8, 4) is 11.5 Å². The first-order chi connectivity index (χ1) is 13.7. The maximum atomic E-state index is 12.0. The van der Waals surface area contributed by atoms with Crippen LogP contribution in [0, 0.1) is 0 Å². The van der Waals surface area contributed by atoms with Gasteiger partial charge in [-0.05, 0) is 50.0 Å². The minimum atomic E-state index is 0.121. The highest BCUT2D eigenvalue weighted by molar-refractivity contribution is 5.75. The molecule has 0 saturated carbocycles. The molecule has 0 unspecified atom stereocenters. The van der Waals surface area contributed by atoms with E-state index in [-0.39, 0.29) is 5.91 Å². The molecule has 0 fully saturated rings. The van der Waals surface area contributed by atoms with Crippen molar-refractivity contribution >= 4 is 5.91 Å². The maximum absolute atomic E-state index is 12.0. The summed E-state index contributed by atoms with van der Waals surface area (Å²) in [6.07, 6.45) is 9.88. The summed E-state index contributed by atoms with van der Waals surface area (Å²) in [6.45, 7) is 7.55. The Kier molecular flexibility index (Phi) is 14.1. The average molecular weight is 393 g/mol. The van der Waals surface area contributed by atoms with Gasteiger partial charge in [0.2, 0.25) is 5.91 Å². The van der Waals surface area contributed by atoms with Crippen LogP contribution in [0.15, 0.2) is 18.2 Å². The van der Waals surface area contributed by atoms with Crippen LogP contribution in [0.2, 0.25) is 0 Å². The van der Waals surface area contributed by atoms with Crippen molar-refractivity contribution in [3.63, 3.8) is 0 Å². The Morgan fingerprint density at radius 2 is 1.75 bits per heavy atom. The van der Waals surface area contributed by atoms with Crippen LogP contribution in [0.25, 0.3) is 0 Å². The van der Waals surface area contributed by atoms with Crippen molar-refractivity contribution in [3.05, 3.63) is 23.8 Å². The smallest absolute Gasteiger partial charge is 0.220 e. The van der Waals surface area contributed by atoms with Crippen LogP contribution in [-0.4, -0.2) is 32.7 Å². The van der Waals surface area contributed by atoms with E-state index in [9.17, 15) is 4.79 Å². The Balaban J connectivity index is 2.29. The minimum absolute atomic E-state index is 0.121. The first-order valence-electron chi connectivity index (χ1n) is 11.0. The zero-order chi connectivity index (χ0) is 20.5. The molecule has 5 heteroatoms. The largest absolute Gasteiger partial charge is 0.493 e. The Hall–Kier alpha value is -1.75. The zero-order valence-electron chi connectivity index (χ0n) is 18.1. The summed E-state index contributed by atoms with van der Waals surface area (Å²) >= 11 is 0. The summed E-state index contributed by atoms with van der Waals surface area (Å²) in [6, 6.07) is 5.86. The van der Waals surface area contributed by atoms with E-state index in [4.69, 9.17) is 9.47 Å². The molecule has 0 saturated heterocycles. The fourth-order valence-electron chi connectivity index (χ4n) is 3.01. The molecule has 0 aliphatic heterocycles. The van der Waals surface area contributed by atoms with Crippen molar-refractivity contribution in [2.75, 3.05) is 26.8 Å². The van der Waals surface area contributed by atoms with Crippen LogP contribution in [0.1, 0.15) is 77.2 Å². The molecule has 0 spiro atoms. The SMILES string of the molecule is CCCCCCCCC(=O)NCc1ccc(OCCCCNCC)c(OC)c1. The lowest BCUT2D eigenvalue weighted by atomic mass is 10.1. The molecule has 1 amide bonds. The quantitative estimate of drug-likeness (QED) is 0.373. The molecule has 2 N–H and O–H groups in total.